The van der Waals surface area contributed by atoms with Crippen LogP contribution in [0.15, 0.2) is 167 Å². The first-order valence-electron chi connectivity index (χ1n) is 18.8. The Morgan fingerprint density at radius 3 is 1.43 bits per heavy atom. The van der Waals surface area contributed by atoms with Crippen molar-refractivity contribution in [2.75, 3.05) is 0 Å². The van der Waals surface area contributed by atoms with Gasteiger partial charge in [0.15, 0.2) is 11.2 Å². The maximum atomic E-state index is 15.6. The highest BCUT2D eigenvalue weighted by Gasteiger charge is 2.35. The van der Waals surface area contributed by atoms with Crippen molar-refractivity contribution in [1.82, 2.24) is 9.13 Å². The molecule has 0 saturated heterocycles. The van der Waals surface area contributed by atoms with Crippen LogP contribution in [0.4, 0.5) is 13.2 Å². The Hall–Kier alpha value is -7.76. The summed E-state index contributed by atoms with van der Waals surface area (Å²) in [6, 6.07) is 50.8. The van der Waals surface area contributed by atoms with Crippen LogP contribution in [0, 0.1) is 11.3 Å². The first-order valence-corrected chi connectivity index (χ1v) is 18.8. The molecule has 0 amide bonds. The zero-order chi connectivity index (χ0) is 38.9. The number of alkyl halides is 3. The molecule has 0 bridgehead atoms. The lowest BCUT2D eigenvalue weighted by Crippen LogP contribution is -2.11. The van der Waals surface area contributed by atoms with Crippen LogP contribution >= 0.6 is 0 Å². The van der Waals surface area contributed by atoms with Crippen LogP contribution in [0.3, 0.4) is 0 Å². The van der Waals surface area contributed by atoms with Gasteiger partial charge in [-0.25, -0.2) is 0 Å². The van der Waals surface area contributed by atoms with E-state index in [4.69, 9.17) is 8.83 Å². The molecule has 12 rings (SSSR count). The molecule has 0 radical (unpaired) electrons. The second-order valence-corrected chi connectivity index (χ2v) is 14.7. The molecule has 0 aliphatic carbocycles. The van der Waals surface area contributed by atoms with E-state index >= 15 is 13.2 Å². The number of fused-ring (bicyclic) bond motifs is 14. The van der Waals surface area contributed by atoms with Gasteiger partial charge >= 0.3 is 6.18 Å². The van der Waals surface area contributed by atoms with E-state index in [1.54, 1.807) is 18.2 Å². The maximum absolute atomic E-state index is 15.6. The minimum Gasteiger partial charge on any atom is -0.454 e. The number of halogens is 3. The van der Waals surface area contributed by atoms with Crippen LogP contribution < -0.4 is 0 Å². The molecule has 4 aromatic heterocycles. The van der Waals surface area contributed by atoms with Crippen molar-refractivity contribution in [3.63, 3.8) is 0 Å². The molecule has 0 aliphatic rings. The summed E-state index contributed by atoms with van der Waals surface area (Å²) >= 11 is 0. The van der Waals surface area contributed by atoms with Gasteiger partial charge in [0.2, 0.25) is 0 Å². The largest absolute Gasteiger partial charge is 0.454 e. The van der Waals surface area contributed by atoms with Gasteiger partial charge in [0.25, 0.3) is 0 Å². The zero-order valence-electron chi connectivity index (χ0n) is 30.3. The van der Waals surface area contributed by atoms with Gasteiger partial charge in [-0.15, -0.1) is 0 Å². The summed E-state index contributed by atoms with van der Waals surface area (Å²) in [5.74, 6) is 0. The standard InChI is InChI=1S/C50H26F3N3O2/c51-50(52,53)30-25-41(55-39-16-5-1-12-31(39)35-20-22-37-33-14-3-7-18-43(33)57-48(37)46(35)55)45(29-11-9-10-28(24-29)27-54)42(26-30)56-40-17-6-2-13-32(40)36-21-23-38-34-15-4-8-19-44(34)58-49(38)47(36)56/h1-26H. The lowest BCUT2D eigenvalue weighted by Gasteiger charge is -2.22. The van der Waals surface area contributed by atoms with Gasteiger partial charge in [-0.1, -0.05) is 97.1 Å². The summed E-state index contributed by atoms with van der Waals surface area (Å²) in [4.78, 5) is 0. The lowest BCUT2D eigenvalue weighted by atomic mass is 9.96. The second-order valence-electron chi connectivity index (χ2n) is 14.7. The first kappa shape index (κ1) is 32.5. The number of para-hydroxylation sites is 4. The zero-order valence-corrected chi connectivity index (χ0v) is 30.3. The molecule has 8 aromatic carbocycles. The number of aromatic nitrogens is 2. The molecule has 0 spiro atoms. The van der Waals surface area contributed by atoms with Crippen molar-refractivity contribution in [3.05, 3.63) is 169 Å². The van der Waals surface area contributed by atoms with Crippen LogP contribution in [0.25, 0.3) is 110 Å². The van der Waals surface area contributed by atoms with E-state index in [0.29, 0.717) is 61.1 Å². The lowest BCUT2D eigenvalue weighted by molar-refractivity contribution is -0.137. The van der Waals surface area contributed by atoms with Crippen LogP contribution in [0.1, 0.15) is 11.1 Å². The number of benzene rings is 8. The van der Waals surface area contributed by atoms with Crippen LogP contribution in [-0.2, 0) is 6.18 Å². The summed E-state index contributed by atoms with van der Waals surface area (Å²) in [5, 5.41) is 17.1. The summed E-state index contributed by atoms with van der Waals surface area (Å²) in [6.07, 6.45) is -4.74. The van der Waals surface area contributed by atoms with Crippen LogP contribution in [0.5, 0.6) is 0 Å². The number of furan rings is 2. The fourth-order valence-corrected chi connectivity index (χ4v) is 9.13. The van der Waals surface area contributed by atoms with Crippen LogP contribution in [0.2, 0.25) is 0 Å². The van der Waals surface area contributed by atoms with Gasteiger partial charge in [-0.2, -0.15) is 18.4 Å². The molecular weight excluding hydrogens is 732 g/mol. The number of nitrogens with zero attached hydrogens (tertiary/aromatic N) is 3. The fraction of sp³-hybridized carbons (Fsp3) is 0.0200. The topological polar surface area (TPSA) is 59.9 Å². The first-order chi connectivity index (χ1) is 28.4. The molecule has 0 fully saturated rings. The Morgan fingerprint density at radius 2 is 0.931 bits per heavy atom. The van der Waals surface area contributed by atoms with Crippen molar-refractivity contribution in [2.45, 2.75) is 6.18 Å². The van der Waals surface area contributed by atoms with Gasteiger partial charge in [-0.05, 0) is 66.2 Å². The average molecular weight is 758 g/mol. The van der Waals surface area contributed by atoms with Gasteiger partial charge in [0.1, 0.15) is 11.2 Å². The quantitative estimate of drug-likeness (QED) is 0.180. The van der Waals surface area contributed by atoms with Gasteiger partial charge in [0, 0.05) is 48.7 Å². The normalized spacial score (nSPS) is 12.4. The highest BCUT2D eigenvalue weighted by molar-refractivity contribution is 6.23. The minimum atomic E-state index is -4.74. The van der Waals surface area contributed by atoms with Crippen LogP contribution in [-0.4, -0.2) is 9.13 Å². The molecule has 0 unspecified atom stereocenters. The van der Waals surface area contributed by atoms with E-state index in [-0.39, 0.29) is 11.4 Å². The molecule has 4 heterocycles. The monoisotopic (exact) mass is 757 g/mol. The van der Waals surface area contributed by atoms with Crippen molar-refractivity contribution in [3.8, 4) is 28.6 Å². The van der Waals surface area contributed by atoms with Crippen molar-refractivity contribution < 1.29 is 22.0 Å². The van der Waals surface area contributed by atoms with Gasteiger partial charge < -0.3 is 18.0 Å². The third-order valence-corrected chi connectivity index (χ3v) is 11.5. The Bertz CT molecular complexity index is 3550. The maximum Gasteiger partial charge on any atom is 0.416 e. The van der Waals surface area contributed by atoms with Crippen molar-refractivity contribution >= 4 is 87.5 Å². The third-order valence-electron chi connectivity index (χ3n) is 11.5. The smallest absolute Gasteiger partial charge is 0.416 e. The summed E-state index contributed by atoms with van der Waals surface area (Å²) in [5.41, 5.74) is 6.33. The third kappa shape index (κ3) is 4.41. The van der Waals surface area contributed by atoms with E-state index in [1.165, 1.54) is 12.1 Å². The molecule has 5 nitrogen and oxygen atoms in total. The summed E-state index contributed by atoms with van der Waals surface area (Å²) in [7, 11) is 0. The highest BCUT2D eigenvalue weighted by Crippen LogP contribution is 2.48. The van der Waals surface area contributed by atoms with Crippen molar-refractivity contribution in [1.29, 1.82) is 5.26 Å². The minimum absolute atomic E-state index is 0.279. The Morgan fingerprint density at radius 1 is 0.466 bits per heavy atom. The number of hydrogen-bond acceptors (Lipinski definition) is 3. The summed E-state index contributed by atoms with van der Waals surface area (Å²) < 4.78 is 64.0. The van der Waals surface area contributed by atoms with E-state index in [1.807, 2.05) is 137 Å². The molecule has 12 aromatic rings. The average Bonchev–Trinajstić information content (AvgIpc) is 4.00. The van der Waals surface area contributed by atoms with E-state index < -0.39 is 11.7 Å². The molecule has 0 atom stereocenters. The molecular formula is C50H26F3N3O2. The number of hydrogen-bond donors (Lipinski definition) is 0. The SMILES string of the molecule is N#Cc1cccc(-c2c(-n3c4ccccc4c4ccc5c6ccccc6oc5c43)cc(C(F)(F)F)cc2-n2c3ccccc3c3ccc4c5ccccc5oc4c32)c1. The molecule has 0 N–H and O–H groups in total. The van der Waals surface area contributed by atoms with Gasteiger partial charge in [0.05, 0.1) is 50.6 Å². The molecule has 58 heavy (non-hydrogen) atoms. The predicted octanol–water partition coefficient (Wildman–Crippen LogP) is 14.2. The van der Waals surface area contributed by atoms with E-state index in [0.717, 1.165) is 43.1 Å². The Balaban J connectivity index is 1.34. The molecule has 274 valence electrons. The Kier molecular flexibility index (Phi) is 6.52. The second kappa shape index (κ2) is 11.6. The van der Waals surface area contributed by atoms with E-state index in [9.17, 15) is 5.26 Å². The van der Waals surface area contributed by atoms with E-state index in [2.05, 4.69) is 6.07 Å². The van der Waals surface area contributed by atoms with Gasteiger partial charge in [-0.3, -0.25) is 0 Å². The molecule has 8 heteroatoms. The number of rotatable bonds is 3. The summed E-state index contributed by atoms with van der Waals surface area (Å²) in [6.45, 7) is 0. The number of nitriles is 1. The fourth-order valence-electron chi connectivity index (χ4n) is 9.13. The highest BCUT2D eigenvalue weighted by atomic mass is 19.4. The molecule has 0 aliphatic heterocycles. The van der Waals surface area contributed by atoms with Crippen molar-refractivity contribution in [2.24, 2.45) is 0 Å². The Labute approximate surface area is 326 Å². The molecule has 0 saturated carbocycles. The predicted molar refractivity (Wildman–Crippen MR) is 225 cm³/mol.